The van der Waals surface area contributed by atoms with Crippen LogP contribution in [0.25, 0.3) is 5.70 Å². The Morgan fingerprint density at radius 1 is 1.38 bits per heavy atom. The van der Waals surface area contributed by atoms with Crippen molar-refractivity contribution in [3.8, 4) is 0 Å². The van der Waals surface area contributed by atoms with Gasteiger partial charge in [0.05, 0.1) is 0 Å². The van der Waals surface area contributed by atoms with Crippen molar-refractivity contribution in [2.24, 2.45) is 4.99 Å². The number of rotatable bonds is 1. The van der Waals surface area contributed by atoms with E-state index in [1.807, 2.05) is 4.98 Å². The Morgan fingerprint density at radius 2 is 2.12 bits per heavy atom. The molecule has 1 aromatic rings. The molecule has 1 aliphatic heterocycles. The third-order valence-electron chi connectivity index (χ3n) is 1.82. The van der Waals surface area contributed by atoms with Crippen LogP contribution in [0.15, 0.2) is 33.0 Å². The number of aliphatic imine (C=N–C) groups is 2. The van der Waals surface area contributed by atoms with Gasteiger partial charge in [0, 0.05) is 17.3 Å². The maximum Gasteiger partial charge on any atom is 0.542 e. The average Bonchev–Trinajstić information content (AvgIpc) is 2.19. The number of aromatic nitrogens is 2. The fourth-order valence-corrected chi connectivity index (χ4v) is 1.13. The SMILES string of the molecule is O=c1ccn(C2=C[N+]=C(O)N=C2O)c(=O)[nH]1. The number of nitrogens with one attached hydrogen (secondary N) is 1. The van der Waals surface area contributed by atoms with Crippen molar-refractivity contribution >= 4 is 17.6 Å². The molecule has 2 heterocycles. The van der Waals surface area contributed by atoms with Crippen molar-refractivity contribution in [1.82, 2.24) is 14.5 Å². The van der Waals surface area contributed by atoms with Crippen LogP contribution in [0.1, 0.15) is 0 Å². The molecule has 0 fully saturated rings. The Bertz CT molecular complexity index is 634. The van der Waals surface area contributed by atoms with Gasteiger partial charge in [-0.1, -0.05) is 0 Å². The van der Waals surface area contributed by atoms with Gasteiger partial charge in [0.15, 0.2) is 11.9 Å². The molecule has 2 rings (SSSR count). The molecule has 0 unspecified atom stereocenters. The zero-order valence-electron chi connectivity index (χ0n) is 7.78. The summed E-state index contributed by atoms with van der Waals surface area (Å²) in [6.07, 6.45) is 2.22. The van der Waals surface area contributed by atoms with Gasteiger partial charge in [-0.05, 0) is 4.99 Å². The van der Waals surface area contributed by atoms with E-state index in [0.717, 1.165) is 23.0 Å². The van der Waals surface area contributed by atoms with Crippen molar-refractivity contribution in [2.45, 2.75) is 0 Å². The van der Waals surface area contributed by atoms with Crippen LogP contribution in [0.4, 0.5) is 0 Å². The molecule has 0 saturated heterocycles. The van der Waals surface area contributed by atoms with Crippen LogP contribution in [0.5, 0.6) is 0 Å². The zero-order chi connectivity index (χ0) is 11.7. The fourth-order valence-electron chi connectivity index (χ4n) is 1.13. The summed E-state index contributed by atoms with van der Waals surface area (Å²) in [5, 5.41) is 18.2. The molecule has 1 aliphatic rings. The lowest BCUT2D eigenvalue weighted by molar-refractivity contribution is 0.519. The molecule has 3 N–H and O–H groups in total. The maximum atomic E-state index is 11.4. The molecule has 0 aliphatic carbocycles. The molecular formula is C8H6N4O4+. The second kappa shape index (κ2) is 3.50. The van der Waals surface area contributed by atoms with E-state index in [1.54, 1.807) is 0 Å². The van der Waals surface area contributed by atoms with Gasteiger partial charge in [-0.2, -0.15) is 0 Å². The van der Waals surface area contributed by atoms with Crippen LogP contribution in [-0.4, -0.2) is 31.7 Å². The summed E-state index contributed by atoms with van der Waals surface area (Å²) < 4.78 is 0.941. The van der Waals surface area contributed by atoms with E-state index in [9.17, 15) is 14.7 Å². The van der Waals surface area contributed by atoms with Crippen LogP contribution in [-0.2, 0) is 0 Å². The number of hydrogen-bond donors (Lipinski definition) is 3. The van der Waals surface area contributed by atoms with Gasteiger partial charge in [0.1, 0.15) is 0 Å². The second-order valence-electron chi connectivity index (χ2n) is 2.86. The van der Waals surface area contributed by atoms with Crippen molar-refractivity contribution in [3.63, 3.8) is 0 Å². The summed E-state index contributed by atoms with van der Waals surface area (Å²) in [4.78, 5) is 30.8. The van der Waals surface area contributed by atoms with E-state index in [0.29, 0.717) is 0 Å². The molecule has 8 heteroatoms. The van der Waals surface area contributed by atoms with Gasteiger partial charge in [-0.25, -0.2) is 4.79 Å². The quantitative estimate of drug-likeness (QED) is 0.538. The first kappa shape index (κ1) is 9.90. The van der Waals surface area contributed by atoms with Gasteiger partial charge in [-0.15, -0.1) is 0 Å². The molecule has 0 spiro atoms. The zero-order valence-corrected chi connectivity index (χ0v) is 7.78. The van der Waals surface area contributed by atoms with E-state index < -0.39 is 23.2 Å². The Hall–Kier alpha value is -2.64. The van der Waals surface area contributed by atoms with Gasteiger partial charge < -0.3 is 10.2 Å². The molecule has 8 nitrogen and oxygen atoms in total. The maximum absolute atomic E-state index is 11.4. The molecule has 0 amide bonds. The minimum atomic E-state index is -0.739. The molecule has 0 atom stereocenters. The van der Waals surface area contributed by atoms with E-state index in [1.165, 1.54) is 0 Å². The van der Waals surface area contributed by atoms with Crippen molar-refractivity contribution in [1.29, 1.82) is 0 Å². The topological polar surface area (TPSA) is 122 Å². The second-order valence-corrected chi connectivity index (χ2v) is 2.86. The predicted molar refractivity (Wildman–Crippen MR) is 55.4 cm³/mol. The van der Waals surface area contributed by atoms with Gasteiger partial charge in [-0.3, -0.25) is 14.3 Å². The van der Waals surface area contributed by atoms with Crippen LogP contribution in [0.3, 0.4) is 0 Å². The molecule has 81 valence electrons. The molecule has 1 aromatic heterocycles. The number of hydrogen-bond acceptors (Lipinski definition) is 4. The molecule has 1 radical (unpaired) electrons. The third-order valence-corrected chi connectivity index (χ3v) is 1.82. The number of amidine groups is 1. The van der Waals surface area contributed by atoms with Crippen molar-refractivity contribution < 1.29 is 10.2 Å². The lowest BCUT2D eigenvalue weighted by Crippen LogP contribution is -2.31. The Morgan fingerprint density at radius 3 is 2.75 bits per heavy atom. The fraction of sp³-hybridized carbons (Fsp3) is 0. The first-order valence-electron chi connectivity index (χ1n) is 4.15. The molecule has 0 bridgehead atoms. The summed E-state index contributed by atoms with van der Waals surface area (Å²) in [5.41, 5.74) is -1.34. The largest absolute Gasteiger partial charge is 0.542 e. The Balaban J connectivity index is 2.60. The summed E-state index contributed by atoms with van der Waals surface area (Å²) in [6.45, 7) is 0. The normalized spacial score (nSPS) is 15.1. The first-order valence-corrected chi connectivity index (χ1v) is 4.15. The van der Waals surface area contributed by atoms with Gasteiger partial charge in [0.25, 0.3) is 5.56 Å². The first-order chi connectivity index (χ1) is 7.58. The van der Waals surface area contributed by atoms with Crippen LogP contribution in [0.2, 0.25) is 0 Å². The number of aliphatic hydroxyl groups is 2. The third kappa shape index (κ3) is 1.63. The van der Waals surface area contributed by atoms with Crippen molar-refractivity contribution in [2.75, 3.05) is 0 Å². The Labute approximate surface area is 87.5 Å². The number of nitrogens with zero attached hydrogens (tertiary/aromatic N) is 3. The van der Waals surface area contributed by atoms with Crippen LogP contribution < -0.4 is 16.2 Å². The average molecular weight is 222 g/mol. The molecular weight excluding hydrogens is 216 g/mol. The highest BCUT2D eigenvalue weighted by molar-refractivity contribution is 6.16. The standard InChI is InChI=1S/C8H6N4O4/c13-5-1-2-12(8(16)10-5)4-3-9-7(15)11-6(4)14/h1-3H,(H,10,13,16)(H2,11,14,15)/q+1. The summed E-state index contributed by atoms with van der Waals surface area (Å²) in [6, 6.07) is 0.493. The van der Waals surface area contributed by atoms with Gasteiger partial charge in [0.2, 0.25) is 0 Å². The van der Waals surface area contributed by atoms with E-state index >= 15 is 0 Å². The highest BCUT2D eigenvalue weighted by Crippen LogP contribution is 2.03. The lowest BCUT2D eigenvalue weighted by Gasteiger charge is -2.03. The molecule has 0 aromatic carbocycles. The van der Waals surface area contributed by atoms with E-state index in [4.69, 9.17) is 5.11 Å². The lowest BCUT2D eigenvalue weighted by atomic mass is 10.4. The minimum absolute atomic E-state index is 0.0425. The molecule has 16 heavy (non-hydrogen) atoms. The summed E-state index contributed by atoms with van der Waals surface area (Å²) in [5.74, 6) is -0.568. The van der Waals surface area contributed by atoms with E-state index in [-0.39, 0.29) is 5.70 Å². The molecule has 0 saturated carbocycles. The summed E-state index contributed by atoms with van der Waals surface area (Å²) >= 11 is 0. The van der Waals surface area contributed by atoms with Crippen molar-refractivity contribution in [3.05, 3.63) is 39.3 Å². The van der Waals surface area contributed by atoms with E-state index in [2.05, 4.69) is 9.98 Å². The smallest absolute Gasteiger partial charge is 0.473 e. The monoisotopic (exact) mass is 222 g/mol. The highest BCUT2D eigenvalue weighted by atomic mass is 16.3. The summed E-state index contributed by atoms with van der Waals surface area (Å²) in [7, 11) is 0. The predicted octanol–water partition coefficient (Wildman–Crippen LogP) is -1.45. The number of aromatic amines is 1. The Kier molecular flexibility index (Phi) is 2.16. The minimum Gasteiger partial charge on any atom is -0.473 e. The van der Waals surface area contributed by atoms with Crippen LogP contribution in [0, 0.1) is 0 Å². The van der Waals surface area contributed by atoms with Crippen LogP contribution >= 0.6 is 0 Å². The van der Waals surface area contributed by atoms with Gasteiger partial charge >= 0.3 is 17.6 Å². The highest BCUT2D eigenvalue weighted by Gasteiger charge is 2.24. The number of H-pyrrole nitrogens is 1. The number of aliphatic hydroxyl groups excluding tert-OH is 2.